The molecule has 1 fully saturated rings. The second kappa shape index (κ2) is 5.14. The summed E-state index contributed by atoms with van der Waals surface area (Å²) in [6, 6.07) is 0.373. The van der Waals surface area contributed by atoms with Gasteiger partial charge in [-0.25, -0.2) is 0 Å². The molecule has 4 heteroatoms. The van der Waals surface area contributed by atoms with Gasteiger partial charge < -0.3 is 10.6 Å². The van der Waals surface area contributed by atoms with Crippen molar-refractivity contribution in [1.82, 2.24) is 10.6 Å². The Balaban J connectivity index is 1.82. The number of hydrogen-bond acceptors (Lipinski definition) is 3. The summed E-state index contributed by atoms with van der Waals surface area (Å²) in [5, 5.41) is 6.10. The number of amidine groups is 1. The summed E-state index contributed by atoms with van der Waals surface area (Å²) in [7, 11) is 0. The molecule has 1 amide bonds. The van der Waals surface area contributed by atoms with Crippen LogP contribution in [0.5, 0.6) is 0 Å². The fourth-order valence-electron chi connectivity index (χ4n) is 2.19. The number of aliphatic imine (C=N–C) groups is 1. The quantitative estimate of drug-likeness (QED) is 0.707. The summed E-state index contributed by atoms with van der Waals surface area (Å²) < 4.78 is 0. The highest BCUT2D eigenvalue weighted by Crippen LogP contribution is 2.17. The summed E-state index contributed by atoms with van der Waals surface area (Å²) in [6.07, 6.45) is 7.07. The predicted molar refractivity (Wildman–Crippen MR) is 59.9 cm³/mol. The maximum Gasteiger partial charge on any atom is 0.286 e. The third-order valence-corrected chi connectivity index (χ3v) is 3.05. The van der Waals surface area contributed by atoms with Crippen molar-refractivity contribution in [2.45, 2.75) is 44.6 Å². The molecule has 0 spiro atoms. The fourth-order valence-corrected chi connectivity index (χ4v) is 2.19. The van der Waals surface area contributed by atoms with Crippen LogP contribution in [0.3, 0.4) is 0 Å². The van der Waals surface area contributed by atoms with Crippen molar-refractivity contribution in [3.63, 3.8) is 0 Å². The van der Waals surface area contributed by atoms with Gasteiger partial charge in [0.15, 0.2) is 5.84 Å². The molecule has 2 N–H and O–H groups in total. The molecule has 2 aliphatic rings. The van der Waals surface area contributed by atoms with Crippen LogP contribution in [0.2, 0.25) is 0 Å². The first-order valence-corrected chi connectivity index (χ1v) is 5.95. The summed E-state index contributed by atoms with van der Waals surface area (Å²) >= 11 is 0. The standard InChI is InChI=1S/C11H19N3O/c15-11(10-12-7-4-8-13-10)14-9-5-2-1-3-6-9/h9H,1-8H2,(H,12,13)(H,14,15). The van der Waals surface area contributed by atoms with Gasteiger partial charge >= 0.3 is 0 Å². The van der Waals surface area contributed by atoms with Crippen molar-refractivity contribution < 1.29 is 4.79 Å². The summed E-state index contributed by atoms with van der Waals surface area (Å²) in [5.74, 6) is 0.522. The molecule has 0 aromatic carbocycles. The van der Waals surface area contributed by atoms with Gasteiger partial charge in [-0.3, -0.25) is 9.79 Å². The van der Waals surface area contributed by atoms with Crippen molar-refractivity contribution in [3.05, 3.63) is 0 Å². The van der Waals surface area contributed by atoms with Crippen molar-refractivity contribution >= 4 is 11.7 Å². The fraction of sp³-hybridized carbons (Fsp3) is 0.818. The van der Waals surface area contributed by atoms with Gasteiger partial charge in [-0.05, 0) is 19.3 Å². The Hall–Kier alpha value is -1.06. The van der Waals surface area contributed by atoms with Crippen LogP contribution in [0.4, 0.5) is 0 Å². The van der Waals surface area contributed by atoms with Crippen molar-refractivity contribution in [3.8, 4) is 0 Å². The van der Waals surface area contributed by atoms with E-state index in [2.05, 4.69) is 15.6 Å². The molecule has 15 heavy (non-hydrogen) atoms. The van der Waals surface area contributed by atoms with Gasteiger partial charge in [-0.2, -0.15) is 0 Å². The van der Waals surface area contributed by atoms with Gasteiger partial charge in [0, 0.05) is 19.1 Å². The number of amides is 1. The van der Waals surface area contributed by atoms with Gasteiger partial charge in [0.1, 0.15) is 0 Å². The van der Waals surface area contributed by atoms with E-state index in [-0.39, 0.29) is 5.91 Å². The normalized spacial score (nSPS) is 22.8. The monoisotopic (exact) mass is 209 g/mol. The van der Waals surface area contributed by atoms with Gasteiger partial charge in [-0.15, -0.1) is 0 Å². The lowest BCUT2D eigenvalue weighted by Crippen LogP contribution is -2.46. The highest BCUT2D eigenvalue weighted by Gasteiger charge is 2.19. The number of hydrogen-bond donors (Lipinski definition) is 2. The molecule has 1 heterocycles. The molecule has 1 aliphatic carbocycles. The Morgan fingerprint density at radius 1 is 1.27 bits per heavy atom. The molecule has 84 valence electrons. The number of nitrogens with one attached hydrogen (secondary N) is 2. The minimum Gasteiger partial charge on any atom is -0.366 e. The molecule has 4 nitrogen and oxygen atoms in total. The molecule has 1 aliphatic heterocycles. The van der Waals surface area contributed by atoms with E-state index in [1.807, 2.05) is 0 Å². The summed E-state index contributed by atoms with van der Waals surface area (Å²) in [6.45, 7) is 1.65. The van der Waals surface area contributed by atoms with E-state index in [9.17, 15) is 4.79 Å². The van der Waals surface area contributed by atoms with Crippen molar-refractivity contribution in [1.29, 1.82) is 0 Å². The minimum atomic E-state index is -0.0124. The van der Waals surface area contributed by atoms with E-state index in [4.69, 9.17) is 0 Å². The lowest BCUT2D eigenvalue weighted by molar-refractivity contribution is -0.115. The van der Waals surface area contributed by atoms with E-state index in [1.54, 1.807) is 0 Å². The Kier molecular flexibility index (Phi) is 3.59. The molecule has 0 bridgehead atoms. The van der Waals surface area contributed by atoms with Crippen LogP contribution < -0.4 is 10.6 Å². The Morgan fingerprint density at radius 3 is 2.73 bits per heavy atom. The first-order valence-electron chi connectivity index (χ1n) is 5.95. The second-order valence-electron chi connectivity index (χ2n) is 4.32. The average molecular weight is 209 g/mol. The van der Waals surface area contributed by atoms with Gasteiger partial charge in [0.25, 0.3) is 5.91 Å². The van der Waals surface area contributed by atoms with Crippen LogP contribution in [0.25, 0.3) is 0 Å². The third-order valence-electron chi connectivity index (χ3n) is 3.05. The Bertz CT molecular complexity index is 257. The van der Waals surface area contributed by atoms with E-state index >= 15 is 0 Å². The summed E-state index contributed by atoms with van der Waals surface area (Å²) in [4.78, 5) is 16.0. The second-order valence-corrected chi connectivity index (χ2v) is 4.32. The number of nitrogens with zero attached hydrogens (tertiary/aromatic N) is 1. The zero-order valence-corrected chi connectivity index (χ0v) is 9.09. The van der Waals surface area contributed by atoms with Crippen LogP contribution >= 0.6 is 0 Å². The SMILES string of the molecule is O=C(NC1CCCCC1)C1=NCCCN1. The maximum absolute atomic E-state index is 11.8. The molecule has 0 radical (unpaired) electrons. The molecular formula is C11H19N3O. The lowest BCUT2D eigenvalue weighted by Gasteiger charge is -2.23. The molecule has 0 aromatic rings. The van der Waals surface area contributed by atoms with Crippen LogP contribution in [0, 0.1) is 0 Å². The van der Waals surface area contributed by atoms with E-state index in [0.717, 1.165) is 32.4 Å². The highest BCUT2D eigenvalue weighted by molar-refractivity contribution is 6.38. The zero-order valence-electron chi connectivity index (χ0n) is 9.09. The molecule has 2 rings (SSSR count). The molecule has 1 saturated carbocycles. The zero-order chi connectivity index (χ0) is 10.5. The molecule has 0 atom stereocenters. The maximum atomic E-state index is 11.8. The third kappa shape index (κ3) is 2.94. The van der Waals surface area contributed by atoms with E-state index in [0.29, 0.717) is 11.9 Å². The first-order chi connectivity index (χ1) is 7.36. The smallest absolute Gasteiger partial charge is 0.286 e. The topological polar surface area (TPSA) is 53.5 Å². The lowest BCUT2D eigenvalue weighted by atomic mass is 9.95. The highest BCUT2D eigenvalue weighted by atomic mass is 16.2. The summed E-state index contributed by atoms with van der Waals surface area (Å²) in [5.41, 5.74) is 0. The van der Waals surface area contributed by atoms with Crippen molar-refractivity contribution in [2.75, 3.05) is 13.1 Å². The van der Waals surface area contributed by atoms with Crippen LogP contribution in [-0.2, 0) is 4.79 Å². The number of carbonyl (C=O) groups excluding carboxylic acids is 1. The Labute approximate surface area is 90.5 Å². The van der Waals surface area contributed by atoms with E-state index in [1.165, 1.54) is 19.3 Å². The number of rotatable bonds is 2. The molecular weight excluding hydrogens is 190 g/mol. The van der Waals surface area contributed by atoms with Crippen LogP contribution in [0.1, 0.15) is 38.5 Å². The average Bonchev–Trinajstić information content (AvgIpc) is 2.31. The van der Waals surface area contributed by atoms with Crippen molar-refractivity contribution in [2.24, 2.45) is 4.99 Å². The van der Waals surface area contributed by atoms with Crippen LogP contribution in [-0.4, -0.2) is 30.9 Å². The molecule has 0 unspecified atom stereocenters. The predicted octanol–water partition coefficient (Wildman–Crippen LogP) is 0.827. The van der Waals surface area contributed by atoms with Gasteiger partial charge in [0.2, 0.25) is 0 Å². The largest absolute Gasteiger partial charge is 0.366 e. The van der Waals surface area contributed by atoms with Gasteiger partial charge in [-0.1, -0.05) is 19.3 Å². The minimum absolute atomic E-state index is 0.0124. The first kappa shape index (κ1) is 10.5. The van der Waals surface area contributed by atoms with Gasteiger partial charge in [0.05, 0.1) is 0 Å². The number of carbonyl (C=O) groups is 1. The molecule has 0 saturated heterocycles. The Morgan fingerprint density at radius 2 is 2.07 bits per heavy atom. The van der Waals surface area contributed by atoms with E-state index < -0.39 is 0 Å². The van der Waals surface area contributed by atoms with Crippen LogP contribution in [0.15, 0.2) is 4.99 Å². The molecule has 0 aromatic heterocycles.